The fourth-order valence-corrected chi connectivity index (χ4v) is 5.00. The summed E-state index contributed by atoms with van der Waals surface area (Å²) < 4.78 is 38.8. The SMILES string of the molecule is Cc1ccc(S(=O)(=O)NC(C)(C)C(=O)Oc2cc(C)c3c(c2)oc(=O)c2ccccc23)cc1. The molecule has 0 amide bonds. The topological polar surface area (TPSA) is 103 Å². The van der Waals surface area contributed by atoms with Gasteiger partial charge in [0, 0.05) is 16.8 Å². The lowest BCUT2D eigenvalue weighted by Gasteiger charge is -2.24. The second-order valence-electron chi connectivity index (χ2n) is 8.48. The molecule has 0 fully saturated rings. The molecule has 1 aromatic heterocycles. The van der Waals surface area contributed by atoms with Crippen LogP contribution in [0.15, 0.2) is 74.8 Å². The van der Waals surface area contributed by atoms with E-state index in [1.807, 2.05) is 26.0 Å². The second-order valence-corrected chi connectivity index (χ2v) is 10.2. The average Bonchev–Trinajstić information content (AvgIpc) is 2.73. The zero-order chi connectivity index (χ0) is 24.0. The molecule has 4 rings (SSSR count). The minimum absolute atomic E-state index is 0.0455. The lowest BCUT2D eigenvalue weighted by atomic mass is 10.0. The van der Waals surface area contributed by atoms with Gasteiger partial charge >= 0.3 is 11.6 Å². The molecule has 0 aliphatic carbocycles. The van der Waals surface area contributed by atoms with Crippen molar-refractivity contribution in [2.45, 2.75) is 38.1 Å². The molecule has 0 bridgehead atoms. The van der Waals surface area contributed by atoms with E-state index < -0.39 is 27.2 Å². The number of rotatable bonds is 5. The van der Waals surface area contributed by atoms with Gasteiger partial charge in [-0.05, 0) is 57.5 Å². The van der Waals surface area contributed by atoms with Crippen LogP contribution in [0, 0.1) is 13.8 Å². The highest BCUT2D eigenvalue weighted by atomic mass is 32.2. The van der Waals surface area contributed by atoms with Crippen LogP contribution in [-0.2, 0) is 14.8 Å². The Labute approximate surface area is 191 Å². The number of sulfonamides is 1. The quantitative estimate of drug-likeness (QED) is 0.205. The number of aryl methyl sites for hydroxylation is 2. The number of ether oxygens (including phenoxy) is 1. The standard InChI is InChI=1S/C25H23NO6S/c1-15-9-11-18(12-10-15)33(29,30)26-25(3,4)24(28)31-17-13-16(2)22-19-7-5-6-8-20(19)23(27)32-21(22)14-17/h5-14,26H,1-4H3. The molecule has 1 N–H and O–H groups in total. The predicted octanol–water partition coefficient (Wildman–Crippen LogP) is 4.23. The first-order valence-corrected chi connectivity index (χ1v) is 11.8. The van der Waals surface area contributed by atoms with E-state index in [0.717, 1.165) is 21.9 Å². The first-order chi connectivity index (χ1) is 15.5. The Bertz CT molecular complexity index is 1550. The Hall–Kier alpha value is -3.49. The summed E-state index contributed by atoms with van der Waals surface area (Å²) in [4.78, 5) is 25.3. The summed E-state index contributed by atoms with van der Waals surface area (Å²) in [5, 5.41) is 1.94. The molecule has 0 saturated carbocycles. The maximum atomic E-state index is 12.9. The molecule has 1 heterocycles. The maximum absolute atomic E-state index is 12.9. The molecule has 33 heavy (non-hydrogen) atoms. The van der Waals surface area contributed by atoms with E-state index in [1.54, 1.807) is 30.3 Å². The number of fused-ring (bicyclic) bond motifs is 3. The number of carbonyl (C=O) groups excluding carboxylic acids is 1. The molecule has 0 saturated heterocycles. The van der Waals surface area contributed by atoms with Crippen molar-refractivity contribution in [2.75, 3.05) is 0 Å². The Morgan fingerprint density at radius 1 is 0.970 bits per heavy atom. The first kappa shape index (κ1) is 22.7. The summed E-state index contributed by atoms with van der Waals surface area (Å²) in [6.07, 6.45) is 0. The number of hydrogen-bond donors (Lipinski definition) is 1. The largest absolute Gasteiger partial charge is 0.425 e. The Kier molecular flexibility index (Phi) is 5.59. The minimum Gasteiger partial charge on any atom is -0.425 e. The van der Waals surface area contributed by atoms with Crippen molar-refractivity contribution in [3.63, 3.8) is 0 Å². The normalized spacial score (nSPS) is 12.2. The van der Waals surface area contributed by atoms with E-state index in [2.05, 4.69) is 4.72 Å². The van der Waals surface area contributed by atoms with Crippen molar-refractivity contribution in [3.8, 4) is 5.75 Å². The molecule has 0 unspecified atom stereocenters. The van der Waals surface area contributed by atoms with Crippen LogP contribution >= 0.6 is 0 Å². The van der Waals surface area contributed by atoms with E-state index in [-0.39, 0.29) is 16.2 Å². The molecule has 7 nitrogen and oxygen atoms in total. The van der Waals surface area contributed by atoms with Gasteiger partial charge in [-0.1, -0.05) is 35.9 Å². The fourth-order valence-electron chi connectivity index (χ4n) is 3.63. The van der Waals surface area contributed by atoms with Gasteiger partial charge in [-0.15, -0.1) is 0 Å². The van der Waals surface area contributed by atoms with Crippen LogP contribution in [-0.4, -0.2) is 19.9 Å². The summed E-state index contributed by atoms with van der Waals surface area (Å²) in [5.74, 6) is -0.661. The second kappa shape index (κ2) is 8.13. The summed E-state index contributed by atoms with van der Waals surface area (Å²) >= 11 is 0. The van der Waals surface area contributed by atoms with Crippen LogP contribution in [0.2, 0.25) is 0 Å². The third-order valence-corrected chi connectivity index (χ3v) is 7.01. The molecular weight excluding hydrogens is 442 g/mol. The zero-order valence-electron chi connectivity index (χ0n) is 18.6. The van der Waals surface area contributed by atoms with E-state index in [0.29, 0.717) is 5.39 Å². The van der Waals surface area contributed by atoms with Crippen molar-refractivity contribution >= 4 is 37.7 Å². The van der Waals surface area contributed by atoms with Gasteiger partial charge in [-0.3, -0.25) is 0 Å². The Balaban J connectivity index is 1.64. The molecular formula is C25H23NO6S. The van der Waals surface area contributed by atoms with Gasteiger partial charge in [0.1, 0.15) is 16.9 Å². The Morgan fingerprint density at radius 2 is 1.61 bits per heavy atom. The van der Waals surface area contributed by atoms with E-state index in [4.69, 9.17) is 9.15 Å². The van der Waals surface area contributed by atoms with Crippen molar-refractivity contribution in [3.05, 3.63) is 82.2 Å². The molecule has 4 aromatic rings. The number of benzene rings is 3. The van der Waals surface area contributed by atoms with Crippen LogP contribution in [0.1, 0.15) is 25.0 Å². The molecule has 0 radical (unpaired) electrons. The van der Waals surface area contributed by atoms with Crippen LogP contribution < -0.4 is 15.1 Å². The van der Waals surface area contributed by atoms with Crippen LogP contribution in [0.4, 0.5) is 0 Å². The minimum atomic E-state index is -3.96. The van der Waals surface area contributed by atoms with E-state index >= 15 is 0 Å². The average molecular weight is 466 g/mol. The predicted molar refractivity (Wildman–Crippen MR) is 126 cm³/mol. The van der Waals surface area contributed by atoms with Gasteiger partial charge in [0.15, 0.2) is 0 Å². The summed E-state index contributed by atoms with van der Waals surface area (Å²) in [7, 11) is -3.96. The van der Waals surface area contributed by atoms with Crippen molar-refractivity contribution in [1.29, 1.82) is 0 Å². The number of hydrogen-bond acceptors (Lipinski definition) is 6. The molecule has 170 valence electrons. The molecule has 0 aliphatic heterocycles. The first-order valence-electron chi connectivity index (χ1n) is 10.3. The highest BCUT2D eigenvalue weighted by Gasteiger charge is 2.35. The van der Waals surface area contributed by atoms with Crippen molar-refractivity contribution in [2.24, 2.45) is 0 Å². The molecule has 0 spiro atoms. The lowest BCUT2D eigenvalue weighted by Crippen LogP contribution is -2.51. The highest BCUT2D eigenvalue weighted by Crippen LogP contribution is 2.30. The monoisotopic (exact) mass is 465 g/mol. The molecule has 8 heteroatoms. The number of nitrogens with one attached hydrogen (secondary N) is 1. The zero-order valence-corrected chi connectivity index (χ0v) is 19.4. The van der Waals surface area contributed by atoms with Gasteiger partial charge in [-0.25, -0.2) is 18.0 Å². The van der Waals surface area contributed by atoms with E-state index in [9.17, 15) is 18.0 Å². The number of esters is 1. The highest BCUT2D eigenvalue weighted by molar-refractivity contribution is 7.89. The smallest absolute Gasteiger partial charge is 0.344 e. The van der Waals surface area contributed by atoms with E-state index in [1.165, 1.54) is 32.0 Å². The molecule has 3 aromatic carbocycles. The van der Waals surface area contributed by atoms with Crippen molar-refractivity contribution in [1.82, 2.24) is 4.72 Å². The summed E-state index contributed by atoms with van der Waals surface area (Å²) in [6.45, 7) is 6.50. The Morgan fingerprint density at radius 3 is 2.27 bits per heavy atom. The lowest BCUT2D eigenvalue weighted by molar-refractivity contribution is -0.139. The fraction of sp³-hybridized carbons (Fsp3) is 0.200. The summed E-state index contributed by atoms with van der Waals surface area (Å²) in [6, 6.07) is 16.5. The van der Waals surface area contributed by atoms with Gasteiger partial charge in [0.05, 0.1) is 10.3 Å². The third-order valence-electron chi connectivity index (χ3n) is 5.33. The molecule has 0 atom stereocenters. The van der Waals surface area contributed by atoms with Crippen LogP contribution in [0.5, 0.6) is 5.75 Å². The van der Waals surface area contributed by atoms with Gasteiger partial charge in [0.25, 0.3) is 0 Å². The summed E-state index contributed by atoms with van der Waals surface area (Å²) in [5.41, 5.74) is -0.115. The van der Waals surface area contributed by atoms with Crippen molar-refractivity contribution < 1.29 is 22.4 Å². The third kappa shape index (κ3) is 4.40. The van der Waals surface area contributed by atoms with Gasteiger partial charge in [-0.2, -0.15) is 4.72 Å². The van der Waals surface area contributed by atoms with Gasteiger partial charge < -0.3 is 9.15 Å². The van der Waals surface area contributed by atoms with Crippen LogP contribution in [0.3, 0.4) is 0 Å². The van der Waals surface area contributed by atoms with Gasteiger partial charge in [0.2, 0.25) is 10.0 Å². The van der Waals surface area contributed by atoms with Crippen LogP contribution in [0.25, 0.3) is 21.7 Å². The maximum Gasteiger partial charge on any atom is 0.344 e. The number of carbonyl (C=O) groups is 1. The molecule has 0 aliphatic rings.